The first-order valence-corrected chi connectivity index (χ1v) is 9.67. The second-order valence-corrected chi connectivity index (χ2v) is 5.84. The van der Waals surface area contributed by atoms with Crippen molar-refractivity contribution in [2.45, 2.75) is 86.5 Å². The number of allylic oxidation sites excluding steroid dienone is 2. The summed E-state index contributed by atoms with van der Waals surface area (Å²) in [5, 5.41) is 0. The van der Waals surface area contributed by atoms with Crippen molar-refractivity contribution >= 4 is 5.78 Å². The average Bonchev–Trinajstić information content (AvgIpc) is 2.63. The maximum Gasteiger partial charge on any atom is 0.155 e. The highest BCUT2D eigenvalue weighted by molar-refractivity contribution is 5.90. The van der Waals surface area contributed by atoms with E-state index in [0.29, 0.717) is 18.8 Å². The Morgan fingerprint density at radius 2 is 1.67 bits per heavy atom. The van der Waals surface area contributed by atoms with Crippen LogP contribution < -0.4 is 0 Å². The van der Waals surface area contributed by atoms with Crippen molar-refractivity contribution in [1.29, 1.82) is 0 Å². The Labute approximate surface area is 149 Å². The summed E-state index contributed by atoms with van der Waals surface area (Å²) < 4.78 is 0. The quantitative estimate of drug-likeness (QED) is 0.514. The Balaban J connectivity index is 0.00000254. The number of carbonyl (C=O) groups is 1. The van der Waals surface area contributed by atoms with E-state index in [-0.39, 0.29) is 5.78 Å². The van der Waals surface area contributed by atoms with E-state index in [4.69, 9.17) is 0 Å². The lowest BCUT2D eigenvalue weighted by molar-refractivity contribution is -0.114. The summed E-state index contributed by atoms with van der Waals surface area (Å²) in [4.78, 5) is 20.8. The van der Waals surface area contributed by atoms with Crippen molar-refractivity contribution in [1.82, 2.24) is 9.97 Å². The van der Waals surface area contributed by atoms with Crippen LogP contribution in [0.15, 0.2) is 24.0 Å². The molecule has 0 aliphatic heterocycles. The molecule has 0 aromatic carbocycles. The van der Waals surface area contributed by atoms with Gasteiger partial charge >= 0.3 is 0 Å². The molecule has 0 amide bonds. The standard InChI is InChI=1S/C19H30N2O.C2H6/c1-5-9-10-15-13-20-19(21-14-15)12-17(11-18(22)8-4)16(6-2)7-3;1-2/h11,13-14,16H,5-10,12H2,1-4H3;1-2H3/b17-11-;. The minimum absolute atomic E-state index is 0.196. The fourth-order valence-corrected chi connectivity index (χ4v) is 2.60. The molecule has 0 aliphatic rings. The van der Waals surface area contributed by atoms with Gasteiger partial charge in [0.15, 0.2) is 5.78 Å². The summed E-state index contributed by atoms with van der Waals surface area (Å²) >= 11 is 0. The van der Waals surface area contributed by atoms with Gasteiger partial charge in [-0.15, -0.1) is 0 Å². The van der Waals surface area contributed by atoms with Gasteiger partial charge in [-0.2, -0.15) is 0 Å². The van der Waals surface area contributed by atoms with Crippen molar-refractivity contribution in [2.24, 2.45) is 5.92 Å². The van der Waals surface area contributed by atoms with E-state index < -0.39 is 0 Å². The van der Waals surface area contributed by atoms with Gasteiger partial charge in [0.2, 0.25) is 0 Å². The van der Waals surface area contributed by atoms with Crippen LogP contribution in [0.5, 0.6) is 0 Å². The molecular formula is C21H36N2O. The monoisotopic (exact) mass is 332 g/mol. The zero-order valence-electron chi connectivity index (χ0n) is 16.6. The van der Waals surface area contributed by atoms with E-state index in [9.17, 15) is 4.79 Å². The summed E-state index contributed by atoms with van der Waals surface area (Å²) in [6.45, 7) is 12.4. The van der Waals surface area contributed by atoms with Crippen LogP contribution >= 0.6 is 0 Å². The molecule has 0 bridgehead atoms. The van der Waals surface area contributed by atoms with Gasteiger partial charge in [-0.3, -0.25) is 4.79 Å². The average molecular weight is 333 g/mol. The Kier molecular flexibility index (Phi) is 13.0. The second-order valence-electron chi connectivity index (χ2n) is 5.84. The fourth-order valence-electron chi connectivity index (χ4n) is 2.60. The maximum absolute atomic E-state index is 11.8. The Hall–Kier alpha value is -1.51. The first-order chi connectivity index (χ1) is 11.6. The Bertz CT molecular complexity index is 473. The molecule has 3 heteroatoms. The molecule has 0 saturated heterocycles. The highest BCUT2D eigenvalue weighted by Gasteiger charge is 2.14. The summed E-state index contributed by atoms with van der Waals surface area (Å²) in [6.07, 6.45) is 12.4. The molecule has 1 aromatic rings. The fraction of sp³-hybridized carbons (Fsp3) is 0.667. The van der Waals surface area contributed by atoms with Gasteiger partial charge in [-0.05, 0) is 43.2 Å². The predicted octanol–water partition coefficient (Wildman–Crippen LogP) is 5.73. The van der Waals surface area contributed by atoms with Gasteiger partial charge in [-0.1, -0.05) is 53.5 Å². The van der Waals surface area contributed by atoms with E-state index in [0.717, 1.165) is 25.1 Å². The Morgan fingerprint density at radius 1 is 1.08 bits per heavy atom. The molecule has 0 unspecified atom stereocenters. The van der Waals surface area contributed by atoms with E-state index in [1.54, 1.807) is 0 Å². The van der Waals surface area contributed by atoms with E-state index in [1.807, 2.05) is 39.2 Å². The molecule has 136 valence electrons. The lowest BCUT2D eigenvalue weighted by atomic mass is 9.90. The van der Waals surface area contributed by atoms with Crippen LogP contribution in [-0.2, 0) is 17.6 Å². The number of carbonyl (C=O) groups excluding carboxylic acids is 1. The van der Waals surface area contributed by atoms with Crippen LogP contribution in [0.4, 0.5) is 0 Å². The second kappa shape index (κ2) is 13.9. The van der Waals surface area contributed by atoms with Crippen molar-refractivity contribution in [2.75, 3.05) is 0 Å². The van der Waals surface area contributed by atoms with Crippen molar-refractivity contribution in [3.63, 3.8) is 0 Å². The number of nitrogens with zero attached hydrogens (tertiary/aromatic N) is 2. The van der Waals surface area contributed by atoms with Crippen LogP contribution in [0.3, 0.4) is 0 Å². The van der Waals surface area contributed by atoms with Crippen LogP contribution in [0.1, 0.15) is 85.0 Å². The smallest absolute Gasteiger partial charge is 0.155 e. The molecule has 0 atom stereocenters. The molecule has 3 nitrogen and oxygen atoms in total. The SMILES string of the molecule is CC.CCCCc1cnc(C/C(=C/C(=O)CC)C(CC)CC)nc1. The molecule has 0 radical (unpaired) electrons. The van der Waals surface area contributed by atoms with Gasteiger partial charge in [0, 0.05) is 25.2 Å². The minimum Gasteiger partial charge on any atom is -0.295 e. The summed E-state index contributed by atoms with van der Waals surface area (Å²) in [6, 6.07) is 0. The minimum atomic E-state index is 0.196. The molecule has 0 fully saturated rings. The third-order valence-corrected chi connectivity index (χ3v) is 4.14. The molecule has 0 aliphatic carbocycles. The lowest BCUT2D eigenvalue weighted by Gasteiger charge is -2.16. The zero-order chi connectivity index (χ0) is 18.4. The molecule has 1 aromatic heterocycles. The van der Waals surface area contributed by atoms with Crippen LogP contribution in [0, 0.1) is 5.92 Å². The predicted molar refractivity (Wildman–Crippen MR) is 103 cm³/mol. The van der Waals surface area contributed by atoms with Crippen LogP contribution in [0.25, 0.3) is 0 Å². The van der Waals surface area contributed by atoms with Gasteiger partial charge in [0.05, 0.1) is 0 Å². The summed E-state index contributed by atoms with van der Waals surface area (Å²) in [5.41, 5.74) is 2.38. The third-order valence-electron chi connectivity index (χ3n) is 4.14. The largest absolute Gasteiger partial charge is 0.295 e. The molecule has 0 spiro atoms. The van der Waals surface area contributed by atoms with Crippen molar-refractivity contribution < 1.29 is 4.79 Å². The molecule has 1 heterocycles. The molecule has 0 saturated carbocycles. The van der Waals surface area contributed by atoms with Gasteiger partial charge < -0.3 is 0 Å². The topological polar surface area (TPSA) is 42.9 Å². The first-order valence-electron chi connectivity index (χ1n) is 9.67. The number of hydrogen-bond acceptors (Lipinski definition) is 3. The lowest BCUT2D eigenvalue weighted by Crippen LogP contribution is -2.09. The van der Waals surface area contributed by atoms with E-state index >= 15 is 0 Å². The maximum atomic E-state index is 11.8. The number of aryl methyl sites for hydroxylation is 1. The number of rotatable bonds is 10. The molecule has 24 heavy (non-hydrogen) atoms. The van der Waals surface area contributed by atoms with Crippen LogP contribution in [0.2, 0.25) is 0 Å². The number of ketones is 1. The molecule has 0 N–H and O–H groups in total. The van der Waals surface area contributed by atoms with Gasteiger partial charge in [-0.25, -0.2) is 9.97 Å². The van der Waals surface area contributed by atoms with Crippen molar-refractivity contribution in [3.05, 3.63) is 35.4 Å². The summed E-state index contributed by atoms with van der Waals surface area (Å²) in [5.74, 6) is 1.46. The number of hydrogen-bond donors (Lipinski definition) is 0. The first kappa shape index (κ1) is 22.5. The third kappa shape index (κ3) is 8.37. The van der Waals surface area contributed by atoms with E-state index in [1.165, 1.54) is 24.0 Å². The van der Waals surface area contributed by atoms with Gasteiger partial charge in [0.1, 0.15) is 5.82 Å². The van der Waals surface area contributed by atoms with Gasteiger partial charge in [0.25, 0.3) is 0 Å². The molecule has 1 rings (SSSR count). The van der Waals surface area contributed by atoms with Crippen molar-refractivity contribution in [3.8, 4) is 0 Å². The summed E-state index contributed by atoms with van der Waals surface area (Å²) in [7, 11) is 0. The van der Waals surface area contributed by atoms with E-state index in [2.05, 4.69) is 30.7 Å². The number of unbranched alkanes of at least 4 members (excludes halogenated alkanes) is 1. The Morgan fingerprint density at radius 3 is 2.12 bits per heavy atom. The van der Waals surface area contributed by atoms with Crippen LogP contribution in [-0.4, -0.2) is 15.8 Å². The number of aromatic nitrogens is 2. The zero-order valence-corrected chi connectivity index (χ0v) is 16.6. The normalized spacial score (nSPS) is 11.2. The highest BCUT2D eigenvalue weighted by Crippen LogP contribution is 2.22. The molecular weight excluding hydrogens is 296 g/mol. The highest BCUT2D eigenvalue weighted by atomic mass is 16.1.